The van der Waals surface area contributed by atoms with E-state index in [-0.39, 0.29) is 11.2 Å². The van der Waals surface area contributed by atoms with Crippen LogP contribution in [0.2, 0.25) is 0 Å². The van der Waals surface area contributed by atoms with E-state index in [4.69, 9.17) is 0 Å². The van der Waals surface area contributed by atoms with Crippen LogP contribution < -0.4 is 10.6 Å². The molecule has 0 radical (unpaired) electrons. The van der Waals surface area contributed by atoms with Gasteiger partial charge in [-0.15, -0.1) is 11.8 Å². The highest BCUT2D eigenvalue weighted by molar-refractivity contribution is 8.00. The molecule has 1 saturated heterocycles. The van der Waals surface area contributed by atoms with Crippen LogP contribution in [0.1, 0.15) is 37.8 Å². The van der Waals surface area contributed by atoms with E-state index in [9.17, 15) is 4.79 Å². The Morgan fingerprint density at radius 3 is 3.09 bits per heavy atom. The van der Waals surface area contributed by atoms with Gasteiger partial charge in [-0.05, 0) is 45.4 Å². The SMILES string of the molecule is CC1CC(NC(=O)CSC(C)c2nc3ccccc3[nH]2)CCN1. The fourth-order valence-electron chi connectivity index (χ4n) is 2.98. The predicted molar refractivity (Wildman–Crippen MR) is 95.6 cm³/mol. The van der Waals surface area contributed by atoms with Gasteiger partial charge < -0.3 is 15.6 Å². The number of H-pyrrole nitrogens is 1. The Morgan fingerprint density at radius 2 is 2.30 bits per heavy atom. The van der Waals surface area contributed by atoms with Crippen LogP contribution in [0.3, 0.4) is 0 Å². The van der Waals surface area contributed by atoms with E-state index >= 15 is 0 Å². The summed E-state index contributed by atoms with van der Waals surface area (Å²) in [5.74, 6) is 1.52. The van der Waals surface area contributed by atoms with Crippen molar-refractivity contribution in [1.82, 2.24) is 20.6 Å². The van der Waals surface area contributed by atoms with E-state index in [1.807, 2.05) is 24.3 Å². The highest BCUT2D eigenvalue weighted by Gasteiger charge is 2.20. The minimum absolute atomic E-state index is 0.122. The molecule has 1 aliphatic heterocycles. The maximum absolute atomic E-state index is 12.1. The molecule has 1 amide bonds. The number of carbonyl (C=O) groups is 1. The van der Waals surface area contributed by atoms with Crippen LogP contribution in [0.4, 0.5) is 0 Å². The lowest BCUT2D eigenvalue weighted by Crippen LogP contribution is -2.47. The van der Waals surface area contributed by atoms with Crippen LogP contribution in [0.15, 0.2) is 24.3 Å². The zero-order valence-corrected chi connectivity index (χ0v) is 14.5. The molecule has 124 valence electrons. The van der Waals surface area contributed by atoms with Gasteiger partial charge in [0.05, 0.1) is 22.0 Å². The average Bonchev–Trinajstić information content (AvgIpc) is 2.97. The molecule has 5 nitrogen and oxygen atoms in total. The molecule has 3 atom stereocenters. The number of imidazole rings is 1. The third kappa shape index (κ3) is 4.26. The van der Waals surface area contributed by atoms with E-state index in [2.05, 4.69) is 34.4 Å². The Balaban J connectivity index is 1.50. The molecule has 0 bridgehead atoms. The molecule has 23 heavy (non-hydrogen) atoms. The van der Waals surface area contributed by atoms with Crippen LogP contribution in [0.25, 0.3) is 11.0 Å². The van der Waals surface area contributed by atoms with E-state index in [1.165, 1.54) is 0 Å². The van der Waals surface area contributed by atoms with Crippen LogP contribution in [-0.4, -0.2) is 40.3 Å². The number of piperidine rings is 1. The molecule has 3 N–H and O–H groups in total. The number of hydrogen-bond acceptors (Lipinski definition) is 4. The Hall–Kier alpha value is -1.53. The van der Waals surface area contributed by atoms with Crippen molar-refractivity contribution in [2.45, 2.75) is 44.0 Å². The molecule has 1 aliphatic rings. The third-order valence-corrected chi connectivity index (χ3v) is 5.40. The van der Waals surface area contributed by atoms with Crippen molar-refractivity contribution in [2.24, 2.45) is 0 Å². The number of thioether (sulfide) groups is 1. The molecule has 0 spiro atoms. The first-order valence-corrected chi connectivity index (χ1v) is 9.25. The molecular formula is C17H24N4OS. The molecule has 3 rings (SSSR count). The zero-order valence-electron chi connectivity index (χ0n) is 13.6. The number of hydrogen-bond donors (Lipinski definition) is 3. The summed E-state index contributed by atoms with van der Waals surface area (Å²) in [5, 5.41) is 6.72. The van der Waals surface area contributed by atoms with Crippen molar-refractivity contribution in [1.29, 1.82) is 0 Å². The Labute approximate surface area is 141 Å². The number of aromatic nitrogens is 2. The third-order valence-electron chi connectivity index (χ3n) is 4.25. The second-order valence-electron chi connectivity index (χ2n) is 6.24. The largest absolute Gasteiger partial charge is 0.353 e. The quantitative estimate of drug-likeness (QED) is 0.787. The molecule has 1 fully saturated rings. The molecule has 1 aromatic carbocycles. The van der Waals surface area contributed by atoms with Crippen molar-refractivity contribution in [2.75, 3.05) is 12.3 Å². The van der Waals surface area contributed by atoms with Crippen LogP contribution in [-0.2, 0) is 4.79 Å². The Morgan fingerprint density at radius 1 is 1.48 bits per heavy atom. The number of rotatable bonds is 5. The molecule has 0 aliphatic carbocycles. The Kier molecular flexibility index (Phi) is 5.23. The number of fused-ring (bicyclic) bond motifs is 1. The second kappa shape index (κ2) is 7.36. The first-order valence-electron chi connectivity index (χ1n) is 8.21. The number of amides is 1. The summed E-state index contributed by atoms with van der Waals surface area (Å²) in [7, 11) is 0. The topological polar surface area (TPSA) is 69.8 Å². The fourth-order valence-corrected chi connectivity index (χ4v) is 3.73. The maximum atomic E-state index is 12.1. The summed E-state index contributed by atoms with van der Waals surface area (Å²) in [4.78, 5) is 20.1. The number of benzene rings is 1. The molecule has 0 saturated carbocycles. The second-order valence-corrected chi connectivity index (χ2v) is 7.57. The smallest absolute Gasteiger partial charge is 0.230 e. The van der Waals surface area contributed by atoms with Crippen LogP contribution in [0, 0.1) is 0 Å². The zero-order chi connectivity index (χ0) is 16.2. The summed E-state index contributed by atoms with van der Waals surface area (Å²) >= 11 is 1.62. The van der Waals surface area contributed by atoms with E-state index < -0.39 is 0 Å². The number of nitrogens with zero attached hydrogens (tertiary/aromatic N) is 1. The lowest BCUT2D eigenvalue weighted by atomic mass is 10.0. The van der Waals surface area contributed by atoms with Gasteiger partial charge in [-0.2, -0.15) is 0 Å². The van der Waals surface area contributed by atoms with Crippen LogP contribution >= 0.6 is 11.8 Å². The maximum Gasteiger partial charge on any atom is 0.230 e. The molecule has 3 unspecified atom stereocenters. The minimum atomic E-state index is 0.122. The van der Waals surface area contributed by atoms with Gasteiger partial charge in [0.1, 0.15) is 5.82 Å². The number of aromatic amines is 1. The molecule has 6 heteroatoms. The summed E-state index contributed by atoms with van der Waals surface area (Å²) in [6, 6.07) is 8.79. The average molecular weight is 332 g/mol. The van der Waals surface area contributed by atoms with E-state index in [0.717, 1.165) is 36.2 Å². The fraction of sp³-hybridized carbons (Fsp3) is 0.529. The van der Waals surface area contributed by atoms with E-state index in [0.29, 0.717) is 17.8 Å². The van der Waals surface area contributed by atoms with E-state index in [1.54, 1.807) is 11.8 Å². The van der Waals surface area contributed by atoms with Gasteiger partial charge in [0.25, 0.3) is 0 Å². The molecular weight excluding hydrogens is 308 g/mol. The standard InChI is InChI=1S/C17H24N4OS/c1-11-9-13(7-8-18-11)19-16(22)10-23-12(2)17-20-14-5-3-4-6-15(14)21-17/h3-6,11-13,18H,7-10H2,1-2H3,(H,19,22)(H,20,21). The number of para-hydroxylation sites is 2. The van der Waals surface area contributed by atoms with Crippen molar-refractivity contribution >= 4 is 28.7 Å². The van der Waals surface area contributed by atoms with Gasteiger partial charge in [-0.3, -0.25) is 4.79 Å². The molecule has 2 aromatic rings. The summed E-state index contributed by atoms with van der Waals surface area (Å²) in [6.45, 7) is 5.23. The van der Waals surface area contributed by atoms with Crippen molar-refractivity contribution < 1.29 is 4.79 Å². The highest BCUT2D eigenvalue weighted by Crippen LogP contribution is 2.27. The number of nitrogens with one attached hydrogen (secondary N) is 3. The van der Waals surface area contributed by atoms with Gasteiger partial charge in [0.2, 0.25) is 5.91 Å². The minimum Gasteiger partial charge on any atom is -0.353 e. The Bertz CT molecular complexity index is 638. The first-order chi connectivity index (χ1) is 11.1. The highest BCUT2D eigenvalue weighted by atomic mass is 32.2. The lowest BCUT2D eigenvalue weighted by Gasteiger charge is -2.28. The summed E-state index contributed by atoms with van der Waals surface area (Å²) < 4.78 is 0. The molecule has 1 aromatic heterocycles. The van der Waals surface area contributed by atoms with Gasteiger partial charge >= 0.3 is 0 Å². The monoisotopic (exact) mass is 332 g/mol. The summed E-state index contributed by atoms with van der Waals surface area (Å²) in [6.07, 6.45) is 2.02. The lowest BCUT2D eigenvalue weighted by molar-refractivity contribution is -0.119. The summed E-state index contributed by atoms with van der Waals surface area (Å²) in [5.41, 5.74) is 2.02. The van der Waals surface area contributed by atoms with Gasteiger partial charge in [0.15, 0.2) is 0 Å². The van der Waals surface area contributed by atoms with Crippen LogP contribution in [0.5, 0.6) is 0 Å². The normalized spacial score (nSPS) is 22.9. The van der Waals surface area contributed by atoms with Crippen molar-refractivity contribution in [3.05, 3.63) is 30.1 Å². The number of carbonyl (C=O) groups excluding carboxylic acids is 1. The molecule has 2 heterocycles. The van der Waals surface area contributed by atoms with Crippen molar-refractivity contribution in [3.8, 4) is 0 Å². The van der Waals surface area contributed by atoms with Gasteiger partial charge in [0, 0.05) is 12.1 Å². The van der Waals surface area contributed by atoms with Crippen molar-refractivity contribution in [3.63, 3.8) is 0 Å². The van der Waals surface area contributed by atoms with Gasteiger partial charge in [-0.1, -0.05) is 12.1 Å². The predicted octanol–water partition coefficient (Wildman–Crippen LogP) is 2.61. The van der Waals surface area contributed by atoms with Gasteiger partial charge in [-0.25, -0.2) is 4.98 Å². The first kappa shape index (κ1) is 16.3.